The fourth-order valence-corrected chi connectivity index (χ4v) is 2.38. The molecule has 2 rings (SSSR count). The fraction of sp³-hybridized carbons (Fsp3) is 0.300. The number of non-ortho nitro benzene ring substituents is 1. The minimum absolute atomic E-state index is 0.0171. The maximum atomic E-state index is 11.6. The fourth-order valence-electron chi connectivity index (χ4n) is 1.80. The molecular weight excluding hydrogens is 290 g/mol. The zero-order valence-electron chi connectivity index (χ0n) is 8.80. The molecule has 1 aliphatic heterocycles. The number of rotatable bonds is 2. The largest absolute Gasteiger partial charge is 0.326 e. The summed E-state index contributed by atoms with van der Waals surface area (Å²) in [5, 5.41) is 10.6. The van der Waals surface area contributed by atoms with Crippen LogP contribution in [0.3, 0.4) is 0 Å². The van der Waals surface area contributed by atoms with Crippen LogP contribution in [-0.4, -0.2) is 23.4 Å². The highest BCUT2D eigenvalue weighted by atomic mass is 79.9. The number of nitro benzene ring substituents is 1. The molecule has 0 bridgehead atoms. The van der Waals surface area contributed by atoms with Gasteiger partial charge < -0.3 is 10.6 Å². The van der Waals surface area contributed by atoms with Crippen LogP contribution in [0.2, 0.25) is 0 Å². The maximum Gasteiger partial charge on any atom is 0.270 e. The molecule has 1 heterocycles. The van der Waals surface area contributed by atoms with Crippen molar-refractivity contribution in [2.24, 2.45) is 5.73 Å². The van der Waals surface area contributed by atoms with E-state index < -0.39 is 4.92 Å². The summed E-state index contributed by atoms with van der Waals surface area (Å²) in [4.78, 5) is 23.3. The topological polar surface area (TPSA) is 89.5 Å². The van der Waals surface area contributed by atoms with Gasteiger partial charge in [-0.15, -0.1) is 0 Å². The number of carbonyl (C=O) groups excluding carboxylic acids is 1. The average molecular weight is 300 g/mol. The summed E-state index contributed by atoms with van der Waals surface area (Å²) in [6.45, 7) is 0.440. The molecule has 1 saturated heterocycles. The molecule has 0 spiro atoms. The van der Waals surface area contributed by atoms with E-state index in [-0.39, 0.29) is 17.6 Å². The first-order chi connectivity index (χ1) is 7.99. The van der Waals surface area contributed by atoms with Crippen molar-refractivity contribution in [2.75, 3.05) is 11.4 Å². The third-order valence-electron chi connectivity index (χ3n) is 2.59. The number of anilines is 1. The Kier molecular flexibility index (Phi) is 3.12. The van der Waals surface area contributed by atoms with Crippen molar-refractivity contribution in [3.8, 4) is 0 Å². The predicted octanol–water partition coefficient (Wildman–Crippen LogP) is 1.42. The van der Waals surface area contributed by atoms with Gasteiger partial charge in [0.1, 0.15) is 0 Å². The van der Waals surface area contributed by atoms with Crippen molar-refractivity contribution in [3.05, 3.63) is 32.8 Å². The van der Waals surface area contributed by atoms with Crippen LogP contribution in [0.1, 0.15) is 6.42 Å². The standard InChI is InChI=1S/C10H10BrN3O3/c11-8-4-7(14(16)17)1-2-9(8)13-5-6(12)3-10(13)15/h1-2,4,6H,3,5,12H2. The van der Waals surface area contributed by atoms with E-state index in [4.69, 9.17) is 5.73 Å². The van der Waals surface area contributed by atoms with Gasteiger partial charge in [-0.05, 0) is 22.0 Å². The van der Waals surface area contributed by atoms with Gasteiger partial charge in [0.2, 0.25) is 5.91 Å². The Bertz CT molecular complexity index is 492. The summed E-state index contributed by atoms with van der Waals surface area (Å²) >= 11 is 3.23. The van der Waals surface area contributed by atoms with Gasteiger partial charge >= 0.3 is 0 Å². The number of halogens is 1. The molecule has 1 atom stereocenters. The summed E-state index contributed by atoms with van der Waals surface area (Å²) in [6.07, 6.45) is 0.309. The zero-order valence-corrected chi connectivity index (χ0v) is 10.4. The second-order valence-corrected chi connectivity index (χ2v) is 4.72. The van der Waals surface area contributed by atoms with Gasteiger partial charge in [-0.2, -0.15) is 0 Å². The van der Waals surface area contributed by atoms with Crippen molar-refractivity contribution >= 4 is 33.2 Å². The molecule has 1 aromatic rings. The minimum atomic E-state index is -0.480. The molecule has 1 aliphatic rings. The second kappa shape index (κ2) is 4.42. The molecule has 90 valence electrons. The first kappa shape index (κ1) is 12.0. The van der Waals surface area contributed by atoms with Crippen molar-refractivity contribution in [3.63, 3.8) is 0 Å². The van der Waals surface area contributed by atoms with E-state index in [1.54, 1.807) is 11.0 Å². The number of amides is 1. The molecule has 1 unspecified atom stereocenters. The molecule has 0 aliphatic carbocycles. The van der Waals surface area contributed by atoms with Crippen LogP contribution in [0.5, 0.6) is 0 Å². The summed E-state index contributed by atoms with van der Waals surface area (Å²) in [5.74, 6) is -0.0629. The Morgan fingerprint density at radius 3 is 2.71 bits per heavy atom. The molecule has 7 heteroatoms. The van der Waals surface area contributed by atoms with Crippen molar-refractivity contribution < 1.29 is 9.72 Å². The number of nitro groups is 1. The van der Waals surface area contributed by atoms with Crippen LogP contribution in [0.15, 0.2) is 22.7 Å². The molecule has 0 saturated carbocycles. The van der Waals surface area contributed by atoms with Gasteiger partial charge in [-0.25, -0.2) is 0 Å². The average Bonchev–Trinajstić information content (AvgIpc) is 2.57. The smallest absolute Gasteiger partial charge is 0.270 e. The van der Waals surface area contributed by atoms with Crippen LogP contribution in [-0.2, 0) is 4.79 Å². The Hall–Kier alpha value is -1.47. The Morgan fingerprint density at radius 2 is 2.24 bits per heavy atom. The summed E-state index contributed by atoms with van der Waals surface area (Å²) in [7, 11) is 0. The van der Waals surface area contributed by atoms with Gasteiger partial charge in [-0.1, -0.05) is 0 Å². The van der Waals surface area contributed by atoms with Gasteiger partial charge in [0.25, 0.3) is 5.69 Å². The number of hydrogen-bond donors (Lipinski definition) is 1. The van der Waals surface area contributed by atoms with E-state index in [1.165, 1.54) is 12.1 Å². The van der Waals surface area contributed by atoms with Crippen LogP contribution in [0.4, 0.5) is 11.4 Å². The highest BCUT2D eigenvalue weighted by Gasteiger charge is 2.29. The first-order valence-corrected chi connectivity index (χ1v) is 5.78. The van der Waals surface area contributed by atoms with Crippen molar-refractivity contribution in [2.45, 2.75) is 12.5 Å². The van der Waals surface area contributed by atoms with E-state index in [1.807, 2.05) is 0 Å². The molecule has 0 aromatic heterocycles. The summed E-state index contributed by atoms with van der Waals surface area (Å²) < 4.78 is 0.522. The van der Waals surface area contributed by atoms with Crippen LogP contribution < -0.4 is 10.6 Å². The number of nitrogens with two attached hydrogens (primary N) is 1. The van der Waals surface area contributed by atoms with Gasteiger partial charge in [0, 0.05) is 35.6 Å². The van der Waals surface area contributed by atoms with Crippen molar-refractivity contribution in [1.29, 1.82) is 0 Å². The maximum absolute atomic E-state index is 11.6. The van der Waals surface area contributed by atoms with Crippen molar-refractivity contribution in [1.82, 2.24) is 0 Å². The van der Waals surface area contributed by atoms with E-state index in [2.05, 4.69) is 15.9 Å². The lowest BCUT2D eigenvalue weighted by molar-refractivity contribution is -0.384. The summed E-state index contributed by atoms with van der Waals surface area (Å²) in [5.41, 5.74) is 6.30. The minimum Gasteiger partial charge on any atom is -0.326 e. The van der Waals surface area contributed by atoms with Crippen LogP contribution in [0, 0.1) is 10.1 Å². The number of benzene rings is 1. The van der Waals surface area contributed by atoms with Crippen LogP contribution >= 0.6 is 15.9 Å². The third kappa shape index (κ3) is 2.29. The molecule has 2 N–H and O–H groups in total. The lowest BCUT2D eigenvalue weighted by Gasteiger charge is -2.17. The van der Waals surface area contributed by atoms with E-state index in [0.717, 1.165) is 0 Å². The monoisotopic (exact) mass is 299 g/mol. The number of nitrogens with zero attached hydrogens (tertiary/aromatic N) is 2. The quantitative estimate of drug-likeness (QED) is 0.660. The van der Waals surface area contributed by atoms with Gasteiger partial charge in [0.15, 0.2) is 0 Å². The first-order valence-electron chi connectivity index (χ1n) is 4.99. The Morgan fingerprint density at radius 1 is 1.53 bits per heavy atom. The molecule has 17 heavy (non-hydrogen) atoms. The molecule has 6 nitrogen and oxygen atoms in total. The van der Waals surface area contributed by atoms with Gasteiger partial charge in [0.05, 0.1) is 10.6 Å². The Labute approximate surface area is 106 Å². The lowest BCUT2D eigenvalue weighted by Crippen LogP contribution is -2.28. The summed E-state index contributed by atoms with van der Waals surface area (Å²) in [6, 6.07) is 4.13. The molecule has 1 aromatic carbocycles. The van der Waals surface area contributed by atoms with E-state index >= 15 is 0 Å². The lowest BCUT2D eigenvalue weighted by atomic mass is 10.2. The highest BCUT2D eigenvalue weighted by molar-refractivity contribution is 9.10. The second-order valence-electron chi connectivity index (χ2n) is 3.86. The normalized spacial score (nSPS) is 19.8. The molecule has 0 radical (unpaired) electrons. The molecular formula is C10H10BrN3O3. The SMILES string of the molecule is NC1CC(=O)N(c2ccc([N+](=O)[O-])cc2Br)C1. The van der Waals surface area contributed by atoms with E-state index in [9.17, 15) is 14.9 Å². The number of carbonyl (C=O) groups is 1. The molecule has 1 fully saturated rings. The molecule has 1 amide bonds. The van der Waals surface area contributed by atoms with Gasteiger partial charge in [-0.3, -0.25) is 14.9 Å². The van der Waals surface area contributed by atoms with Crippen LogP contribution in [0.25, 0.3) is 0 Å². The highest BCUT2D eigenvalue weighted by Crippen LogP contribution is 2.32. The third-order valence-corrected chi connectivity index (χ3v) is 3.22. The van der Waals surface area contributed by atoms with E-state index in [0.29, 0.717) is 23.1 Å². The predicted molar refractivity (Wildman–Crippen MR) is 65.7 cm³/mol. The zero-order chi connectivity index (χ0) is 12.6. The number of hydrogen-bond acceptors (Lipinski definition) is 4. The Balaban J connectivity index is 2.34.